The number of rotatable bonds is 4. The zero-order valence-electron chi connectivity index (χ0n) is 11.8. The number of carbonyl (C=O) groups is 1. The van der Waals surface area contributed by atoms with Crippen molar-refractivity contribution in [1.82, 2.24) is 9.88 Å². The number of pyridine rings is 1. The number of nitrogens with one attached hydrogen (secondary N) is 1. The number of carbonyl (C=O) groups excluding carboxylic acids is 1. The van der Waals surface area contributed by atoms with Crippen LogP contribution in [0.15, 0.2) is 15.3 Å². The fourth-order valence-corrected chi connectivity index (χ4v) is 2.15. The minimum atomic E-state index is -1.19. The van der Waals surface area contributed by atoms with Crippen molar-refractivity contribution in [2.24, 2.45) is 7.05 Å². The van der Waals surface area contributed by atoms with Gasteiger partial charge in [0.15, 0.2) is 0 Å². The van der Waals surface area contributed by atoms with E-state index in [0.717, 1.165) is 0 Å². The Hall–Kier alpha value is -1.65. The van der Waals surface area contributed by atoms with Crippen LogP contribution in [0.1, 0.15) is 23.0 Å². The molecule has 1 atom stereocenters. The van der Waals surface area contributed by atoms with Crippen LogP contribution in [0.25, 0.3) is 0 Å². The topological polar surface area (TPSA) is 84.1 Å². The highest BCUT2D eigenvalue weighted by atomic mass is 79.9. The van der Waals surface area contributed by atoms with Crippen molar-refractivity contribution in [3.8, 4) is 6.07 Å². The van der Waals surface area contributed by atoms with E-state index in [1.165, 1.54) is 24.7 Å². The Morgan fingerprint density at radius 1 is 1.65 bits per heavy atom. The van der Waals surface area contributed by atoms with Crippen LogP contribution < -0.4 is 10.9 Å². The van der Waals surface area contributed by atoms with Gasteiger partial charge in [0.25, 0.3) is 11.5 Å². The number of nitriles is 1. The van der Waals surface area contributed by atoms with Crippen molar-refractivity contribution < 1.29 is 9.53 Å². The molecule has 1 aromatic rings. The number of hydrogen-bond donors (Lipinski definition) is 1. The molecule has 0 spiro atoms. The molecular formula is C13H16BrN3O3. The summed E-state index contributed by atoms with van der Waals surface area (Å²) >= 11 is 3.30. The van der Waals surface area contributed by atoms with E-state index in [0.29, 0.717) is 10.2 Å². The summed E-state index contributed by atoms with van der Waals surface area (Å²) in [6.45, 7) is 3.32. The Labute approximate surface area is 125 Å². The Bertz CT molecular complexity index is 633. The second kappa shape index (κ2) is 6.20. The lowest BCUT2D eigenvalue weighted by molar-refractivity contribution is 0.0858. The summed E-state index contributed by atoms with van der Waals surface area (Å²) in [5.74, 6) is -0.604. The standard InChI is InChI=1S/C13H16BrN3O3/c1-8-10(14)5-9(12(19)17(8)3)11(18)16-13(2,6-15)7-20-4/h5H,7H2,1-4H3,(H,16,18). The van der Waals surface area contributed by atoms with Gasteiger partial charge in [-0.1, -0.05) is 0 Å². The molecule has 1 rings (SSSR count). The van der Waals surface area contributed by atoms with Crippen molar-refractivity contribution >= 4 is 21.8 Å². The van der Waals surface area contributed by atoms with E-state index in [2.05, 4.69) is 21.2 Å². The molecule has 0 aliphatic heterocycles. The number of hydrogen-bond acceptors (Lipinski definition) is 4. The first-order chi connectivity index (χ1) is 9.25. The number of methoxy groups -OCH3 is 1. The highest BCUT2D eigenvalue weighted by Crippen LogP contribution is 2.15. The maximum Gasteiger partial charge on any atom is 0.263 e. The van der Waals surface area contributed by atoms with Gasteiger partial charge < -0.3 is 14.6 Å². The Morgan fingerprint density at radius 3 is 2.75 bits per heavy atom. The average Bonchev–Trinajstić information content (AvgIpc) is 2.40. The van der Waals surface area contributed by atoms with E-state index in [1.54, 1.807) is 14.0 Å². The molecule has 0 aliphatic carbocycles. The van der Waals surface area contributed by atoms with Crippen molar-refractivity contribution in [1.29, 1.82) is 5.26 Å². The quantitative estimate of drug-likeness (QED) is 0.889. The molecule has 1 aromatic heterocycles. The highest BCUT2D eigenvalue weighted by molar-refractivity contribution is 9.10. The third-order valence-electron chi connectivity index (χ3n) is 2.97. The number of halogens is 1. The molecule has 0 fully saturated rings. The molecule has 20 heavy (non-hydrogen) atoms. The molecule has 6 nitrogen and oxygen atoms in total. The first kappa shape index (κ1) is 16.4. The molecule has 0 aromatic carbocycles. The lowest BCUT2D eigenvalue weighted by Crippen LogP contribution is -2.49. The van der Waals surface area contributed by atoms with Crippen LogP contribution in [0, 0.1) is 18.3 Å². The largest absolute Gasteiger partial charge is 0.381 e. The maximum atomic E-state index is 12.2. The van der Waals surface area contributed by atoms with Gasteiger partial charge in [-0.3, -0.25) is 9.59 Å². The van der Waals surface area contributed by atoms with Crippen molar-refractivity contribution in [2.45, 2.75) is 19.4 Å². The van der Waals surface area contributed by atoms with Gasteiger partial charge in [-0.25, -0.2) is 0 Å². The molecule has 0 saturated heterocycles. The molecular weight excluding hydrogens is 326 g/mol. The van der Waals surface area contributed by atoms with Crippen LogP contribution >= 0.6 is 15.9 Å². The molecule has 1 N–H and O–H groups in total. The minimum absolute atomic E-state index is 0.0254. The molecule has 0 saturated carbocycles. The molecule has 0 bridgehead atoms. The van der Waals surface area contributed by atoms with E-state index in [9.17, 15) is 9.59 Å². The molecule has 0 aliphatic rings. The number of ether oxygens (including phenoxy) is 1. The lowest BCUT2D eigenvalue weighted by atomic mass is 10.1. The number of amides is 1. The van der Waals surface area contributed by atoms with Gasteiger partial charge in [-0.2, -0.15) is 5.26 Å². The lowest BCUT2D eigenvalue weighted by Gasteiger charge is -2.22. The molecule has 7 heteroatoms. The van der Waals surface area contributed by atoms with Crippen molar-refractivity contribution in [3.63, 3.8) is 0 Å². The van der Waals surface area contributed by atoms with Gasteiger partial charge in [0, 0.05) is 24.3 Å². The summed E-state index contributed by atoms with van der Waals surface area (Å²) in [5, 5.41) is 11.6. The summed E-state index contributed by atoms with van der Waals surface area (Å²) < 4.78 is 6.92. The summed E-state index contributed by atoms with van der Waals surface area (Å²) in [6, 6.07) is 3.42. The number of nitrogens with zero attached hydrogens (tertiary/aromatic N) is 2. The van der Waals surface area contributed by atoms with E-state index in [4.69, 9.17) is 10.00 Å². The monoisotopic (exact) mass is 341 g/mol. The van der Waals surface area contributed by atoms with Crippen LogP contribution in [0.4, 0.5) is 0 Å². The predicted octanol–water partition coefficient (Wildman–Crippen LogP) is 1.11. The highest BCUT2D eigenvalue weighted by Gasteiger charge is 2.28. The normalized spacial score (nSPS) is 13.4. The van der Waals surface area contributed by atoms with Gasteiger partial charge in [-0.05, 0) is 35.8 Å². The van der Waals surface area contributed by atoms with E-state index in [-0.39, 0.29) is 12.2 Å². The average molecular weight is 342 g/mol. The van der Waals surface area contributed by atoms with Crippen LogP contribution in [0.5, 0.6) is 0 Å². The second-order valence-electron chi connectivity index (χ2n) is 4.69. The molecule has 1 heterocycles. The molecule has 0 radical (unpaired) electrons. The third-order valence-corrected chi connectivity index (χ3v) is 3.77. The maximum absolute atomic E-state index is 12.2. The smallest absolute Gasteiger partial charge is 0.263 e. The Morgan fingerprint density at radius 2 is 2.25 bits per heavy atom. The van der Waals surface area contributed by atoms with Crippen LogP contribution in [-0.2, 0) is 11.8 Å². The summed E-state index contributed by atoms with van der Waals surface area (Å²) in [6.07, 6.45) is 0. The van der Waals surface area contributed by atoms with Gasteiger partial charge in [-0.15, -0.1) is 0 Å². The molecule has 1 amide bonds. The predicted molar refractivity (Wildman–Crippen MR) is 77.5 cm³/mol. The van der Waals surface area contributed by atoms with Gasteiger partial charge in [0.2, 0.25) is 0 Å². The zero-order chi connectivity index (χ0) is 15.5. The van der Waals surface area contributed by atoms with Gasteiger partial charge in [0.1, 0.15) is 11.1 Å². The number of aromatic nitrogens is 1. The van der Waals surface area contributed by atoms with E-state index in [1.807, 2.05) is 6.07 Å². The Balaban J connectivity index is 3.18. The fraction of sp³-hybridized carbons (Fsp3) is 0.462. The minimum Gasteiger partial charge on any atom is -0.381 e. The summed E-state index contributed by atoms with van der Waals surface area (Å²) in [5.41, 5.74) is -0.913. The second-order valence-corrected chi connectivity index (χ2v) is 5.54. The van der Waals surface area contributed by atoms with E-state index >= 15 is 0 Å². The van der Waals surface area contributed by atoms with Crippen LogP contribution in [-0.4, -0.2) is 29.7 Å². The SMILES string of the molecule is COCC(C)(C#N)NC(=O)c1cc(Br)c(C)n(C)c1=O. The first-order valence-electron chi connectivity index (χ1n) is 5.84. The van der Waals surface area contributed by atoms with Crippen LogP contribution in [0.2, 0.25) is 0 Å². The van der Waals surface area contributed by atoms with Gasteiger partial charge in [0.05, 0.1) is 12.7 Å². The molecule has 1 unspecified atom stereocenters. The third kappa shape index (κ3) is 3.26. The zero-order valence-corrected chi connectivity index (χ0v) is 13.4. The van der Waals surface area contributed by atoms with Crippen LogP contribution in [0.3, 0.4) is 0 Å². The van der Waals surface area contributed by atoms with Crippen molar-refractivity contribution in [3.05, 3.63) is 32.2 Å². The van der Waals surface area contributed by atoms with Crippen molar-refractivity contribution in [2.75, 3.05) is 13.7 Å². The summed E-state index contributed by atoms with van der Waals surface area (Å²) in [4.78, 5) is 24.3. The van der Waals surface area contributed by atoms with Gasteiger partial charge >= 0.3 is 0 Å². The Kier molecular flexibility index (Phi) is 5.09. The molecule has 108 valence electrons. The van der Waals surface area contributed by atoms with E-state index < -0.39 is 17.0 Å². The fourth-order valence-electron chi connectivity index (χ4n) is 1.65. The first-order valence-corrected chi connectivity index (χ1v) is 6.64. The summed E-state index contributed by atoms with van der Waals surface area (Å²) in [7, 11) is 3.01.